The van der Waals surface area contributed by atoms with Crippen LogP contribution in [0.5, 0.6) is 0 Å². The first kappa shape index (κ1) is 28.0. The van der Waals surface area contributed by atoms with E-state index < -0.39 is 11.9 Å². The first-order valence-corrected chi connectivity index (χ1v) is 17.5. The van der Waals surface area contributed by atoms with Crippen molar-refractivity contribution in [2.75, 3.05) is 25.7 Å². The second-order valence-corrected chi connectivity index (χ2v) is 16.7. The molecule has 0 unspecified atom stereocenters. The number of aromatic amines is 1. The molecule has 0 radical (unpaired) electrons. The summed E-state index contributed by atoms with van der Waals surface area (Å²) >= 11 is 13.8. The van der Waals surface area contributed by atoms with Crippen molar-refractivity contribution in [3.05, 3.63) is 42.9 Å². The van der Waals surface area contributed by atoms with E-state index in [1.807, 2.05) is 59.3 Å². The molecule has 0 aliphatic carbocycles. The summed E-state index contributed by atoms with van der Waals surface area (Å²) in [6.45, 7) is 4.45. The van der Waals surface area contributed by atoms with Crippen molar-refractivity contribution in [2.45, 2.75) is 36.5 Å². The highest BCUT2D eigenvalue weighted by Crippen LogP contribution is 2.65. The summed E-state index contributed by atoms with van der Waals surface area (Å²) in [6, 6.07) is 0. The molecule has 35 heavy (non-hydrogen) atoms. The van der Waals surface area contributed by atoms with E-state index in [0.717, 1.165) is 21.4 Å². The van der Waals surface area contributed by atoms with Crippen LogP contribution >= 0.6 is 94.1 Å². The lowest BCUT2D eigenvalue weighted by atomic mass is 10.4. The van der Waals surface area contributed by atoms with Gasteiger partial charge in [0, 0.05) is 11.1 Å². The molecule has 0 amide bonds. The van der Waals surface area contributed by atoms with Gasteiger partial charge in [-0.05, 0) is 30.4 Å². The van der Waals surface area contributed by atoms with Crippen LogP contribution < -0.4 is 0 Å². The van der Waals surface area contributed by atoms with Gasteiger partial charge in [0.25, 0.3) is 0 Å². The number of hydrogen-bond donors (Lipinski definition) is 1. The molecule has 188 valence electrons. The number of thioether (sulfide) groups is 8. The third-order valence-corrected chi connectivity index (χ3v) is 15.9. The molecule has 3 aliphatic heterocycles. The van der Waals surface area contributed by atoms with Gasteiger partial charge in [-0.15, -0.1) is 23.5 Å². The van der Waals surface area contributed by atoms with E-state index in [9.17, 15) is 9.59 Å². The Balaban J connectivity index is 1.51. The summed E-state index contributed by atoms with van der Waals surface area (Å²) in [5.41, 5.74) is 0.973. The van der Waals surface area contributed by atoms with Gasteiger partial charge in [-0.1, -0.05) is 84.4 Å². The van der Waals surface area contributed by atoms with Crippen LogP contribution in [-0.2, 0) is 19.1 Å². The average Bonchev–Trinajstić information content (AvgIpc) is 3.64. The number of H-pyrrole nitrogens is 1. The fraction of sp³-hybridized carbons (Fsp3) is 0.364. The molecule has 5 nitrogen and oxygen atoms in total. The highest BCUT2D eigenvalue weighted by atomic mass is 32.3. The highest BCUT2D eigenvalue weighted by Gasteiger charge is 2.34. The van der Waals surface area contributed by atoms with Gasteiger partial charge in [-0.25, -0.2) is 9.59 Å². The van der Waals surface area contributed by atoms with Crippen LogP contribution in [0.3, 0.4) is 0 Å². The number of fused-ring (bicyclic) bond motifs is 1. The van der Waals surface area contributed by atoms with Crippen molar-refractivity contribution in [3.8, 4) is 0 Å². The highest BCUT2D eigenvalue weighted by molar-refractivity contribution is 8.42. The summed E-state index contributed by atoms with van der Waals surface area (Å²) < 4.78 is 16.1. The van der Waals surface area contributed by atoms with Crippen LogP contribution in [0.1, 0.15) is 32.4 Å². The van der Waals surface area contributed by atoms with E-state index in [2.05, 4.69) is 18.8 Å². The lowest BCUT2D eigenvalue weighted by Crippen LogP contribution is -2.08. The van der Waals surface area contributed by atoms with Gasteiger partial charge < -0.3 is 14.5 Å². The van der Waals surface area contributed by atoms with E-state index in [4.69, 9.17) is 9.47 Å². The molecule has 4 heterocycles. The number of carbonyl (C=O) groups excluding carboxylic acids is 2. The Morgan fingerprint density at radius 3 is 1.91 bits per heavy atom. The number of aromatic nitrogens is 1. The van der Waals surface area contributed by atoms with Crippen LogP contribution in [-0.4, -0.2) is 42.6 Å². The maximum atomic E-state index is 12.2. The second-order valence-electron chi connectivity index (χ2n) is 6.96. The maximum absolute atomic E-state index is 12.2. The van der Waals surface area contributed by atoms with E-state index in [-0.39, 0.29) is 9.81 Å². The van der Waals surface area contributed by atoms with Crippen molar-refractivity contribution in [2.24, 2.45) is 0 Å². The molecular weight excluding hydrogens is 599 g/mol. The molecule has 3 aliphatic rings. The first-order valence-electron chi connectivity index (χ1n) is 10.6. The van der Waals surface area contributed by atoms with E-state index in [1.165, 1.54) is 77.3 Å². The summed E-state index contributed by atoms with van der Waals surface area (Å²) in [5, 5.41) is 0. The lowest BCUT2D eigenvalue weighted by Gasteiger charge is -2.03. The second kappa shape index (κ2) is 13.2. The summed E-state index contributed by atoms with van der Waals surface area (Å²) in [4.78, 5) is 30.6. The molecule has 0 aromatic carbocycles. The van der Waals surface area contributed by atoms with Gasteiger partial charge >= 0.3 is 11.9 Å². The van der Waals surface area contributed by atoms with Crippen molar-refractivity contribution in [1.29, 1.82) is 0 Å². The monoisotopic (exact) mass is 621 g/mol. The topological polar surface area (TPSA) is 68.4 Å². The van der Waals surface area contributed by atoms with Gasteiger partial charge in [0.15, 0.2) is 0 Å². The minimum absolute atomic E-state index is 0.266. The number of ether oxygens (including phenoxy) is 2. The zero-order valence-electron chi connectivity index (χ0n) is 19.4. The van der Waals surface area contributed by atoms with Crippen molar-refractivity contribution >= 4 is 112 Å². The Labute approximate surface area is 239 Å². The molecule has 1 aromatic rings. The number of nitrogens with one attached hydrogen (secondary N) is 1. The normalized spacial score (nSPS) is 17.5. The first-order chi connectivity index (χ1) is 17.0. The van der Waals surface area contributed by atoms with E-state index >= 15 is 0 Å². The Morgan fingerprint density at radius 1 is 0.857 bits per heavy atom. The van der Waals surface area contributed by atoms with Crippen LogP contribution in [0, 0.1) is 0 Å². The van der Waals surface area contributed by atoms with Gasteiger partial charge in [-0.2, -0.15) is 0 Å². The van der Waals surface area contributed by atoms with Gasteiger partial charge in [0.2, 0.25) is 0 Å². The predicted molar refractivity (Wildman–Crippen MR) is 161 cm³/mol. The van der Waals surface area contributed by atoms with Crippen LogP contribution in [0.25, 0.3) is 6.08 Å². The SMILES string of the molecule is CCCSC1=C(SCCC)SC(=C2Sc3c[nH]c(C=C4SC(C(=O)OC)=C(C(=O)OC)S4)c3S2)S1. The van der Waals surface area contributed by atoms with Crippen molar-refractivity contribution < 1.29 is 19.1 Å². The molecule has 1 aromatic heterocycles. The average molecular weight is 622 g/mol. The minimum atomic E-state index is -0.531. The summed E-state index contributed by atoms with van der Waals surface area (Å²) in [7, 11) is 2.62. The Kier molecular flexibility index (Phi) is 10.5. The third kappa shape index (κ3) is 6.52. The Bertz CT molecular complexity index is 1100. The minimum Gasteiger partial charge on any atom is -0.465 e. The van der Waals surface area contributed by atoms with Crippen LogP contribution in [0.2, 0.25) is 0 Å². The maximum Gasteiger partial charge on any atom is 0.346 e. The van der Waals surface area contributed by atoms with Crippen molar-refractivity contribution in [3.63, 3.8) is 0 Å². The molecule has 0 saturated carbocycles. The zero-order chi connectivity index (χ0) is 24.9. The zero-order valence-corrected chi connectivity index (χ0v) is 25.9. The lowest BCUT2D eigenvalue weighted by molar-refractivity contribution is -0.138. The standard InChI is InChI=1S/C22H23NO4S8/c1-5-7-28-19-20(29-8-6-2)35-22(34-19)21-30-12-10-23-11(14(12)33-21)9-13-31-15(17(24)26-3)16(32-13)18(25)27-4/h9-10,23H,5-8H2,1-4H3. The molecule has 4 rings (SSSR count). The summed E-state index contributed by atoms with van der Waals surface area (Å²) in [5.74, 6) is 1.22. The number of carbonyl (C=O) groups is 2. The molecule has 0 bridgehead atoms. The van der Waals surface area contributed by atoms with Crippen LogP contribution in [0.4, 0.5) is 0 Å². The molecule has 0 atom stereocenters. The molecule has 0 saturated heterocycles. The Morgan fingerprint density at radius 2 is 1.40 bits per heavy atom. The Hall–Kier alpha value is -0.0200. The summed E-state index contributed by atoms with van der Waals surface area (Å²) in [6.07, 6.45) is 6.37. The largest absolute Gasteiger partial charge is 0.465 e. The predicted octanol–water partition coefficient (Wildman–Crippen LogP) is 8.57. The van der Waals surface area contributed by atoms with E-state index in [1.54, 1.807) is 23.5 Å². The number of rotatable bonds is 9. The third-order valence-electron chi connectivity index (χ3n) is 4.42. The van der Waals surface area contributed by atoms with Gasteiger partial charge in [-0.3, -0.25) is 0 Å². The number of esters is 2. The van der Waals surface area contributed by atoms with Crippen LogP contribution in [0.15, 0.2) is 47.0 Å². The fourth-order valence-corrected chi connectivity index (χ4v) is 13.8. The fourth-order valence-electron chi connectivity index (χ4n) is 2.86. The van der Waals surface area contributed by atoms with Crippen molar-refractivity contribution in [1.82, 2.24) is 4.98 Å². The van der Waals surface area contributed by atoms with E-state index in [0.29, 0.717) is 0 Å². The quantitative estimate of drug-likeness (QED) is 0.269. The van der Waals surface area contributed by atoms with Gasteiger partial charge in [0.1, 0.15) is 9.81 Å². The molecule has 0 fully saturated rings. The molecule has 13 heteroatoms. The number of methoxy groups -OCH3 is 2. The smallest absolute Gasteiger partial charge is 0.346 e. The molecule has 0 spiro atoms. The van der Waals surface area contributed by atoms with Gasteiger partial charge in [0.05, 0.1) is 46.0 Å². The molecule has 1 N–H and O–H groups in total. The number of hydrogen-bond acceptors (Lipinski definition) is 12. The molecular formula is C22H23NO4S8.